The summed E-state index contributed by atoms with van der Waals surface area (Å²) in [5.74, 6) is 2.20. The first-order valence-corrected chi connectivity index (χ1v) is 18.3. The molecule has 0 fully saturated rings. The van der Waals surface area contributed by atoms with E-state index in [0.29, 0.717) is 23.0 Å². The van der Waals surface area contributed by atoms with Crippen molar-refractivity contribution in [1.29, 1.82) is 0 Å². The van der Waals surface area contributed by atoms with Gasteiger partial charge in [-0.05, 0) is 70.8 Å². The van der Waals surface area contributed by atoms with E-state index >= 15 is 0 Å². The number of ether oxygens (including phenoxy) is 4. The highest BCUT2D eigenvalue weighted by molar-refractivity contribution is 6.18. The number of aliphatic hydroxyl groups is 4. The maximum atomic E-state index is 9.88. The van der Waals surface area contributed by atoms with Crippen molar-refractivity contribution in [2.75, 3.05) is 49.9 Å². The van der Waals surface area contributed by atoms with E-state index in [1.807, 2.05) is 97.1 Å². The number of halogens is 4. The third kappa shape index (κ3) is 12.1. The Hall–Kier alpha value is -2.92. The predicted molar refractivity (Wildman–Crippen MR) is 198 cm³/mol. The van der Waals surface area contributed by atoms with Gasteiger partial charge in [0.1, 0.15) is 73.8 Å². The topological polar surface area (TPSA) is 118 Å². The van der Waals surface area contributed by atoms with Crippen LogP contribution in [0.3, 0.4) is 0 Å². The highest BCUT2D eigenvalue weighted by Crippen LogP contribution is 2.44. The molecule has 0 saturated carbocycles. The summed E-state index contributed by atoms with van der Waals surface area (Å²) in [5, 5.41) is 39.5. The molecule has 0 saturated heterocycles. The lowest BCUT2D eigenvalue weighted by Gasteiger charge is -2.30. The van der Waals surface area contributed by atoms with Crippen molar-refractivity contribution in [2.45, 2.75) is 36.3 Å². The molecule has 4 atom stereocenters. The number of rotatable bonds is 21. The number of alkyl halides is 4. The second-order valence-corrected chi connectivity index (χ2v) is 12.9. The lowest BCUT2D eigenvalue weighted by Crippen LogP contribution is -2.19. The van der Waals surface area contributed by atoms with Gasteiger partial charge in [-0.25, -0.2) is 0 Å². The molecule has 0 aliphatic heterocycles. The number of benzene rings is 4. The van der Waals surface area contributed by atoms with Gasteiger partial charge in [0.2, 0.25) is 0 Å². The van der Waals surface area contributed by atoms with Gasteiger partial charge in [-0.15, -0.1) is 46.4 Å². The van der Waals surface area contributed by atoms with Crippen LogP contribution in [0.1, 0.15) is 34.1 Å². The van der Waals surface area contributed by atoms with Crippen LogP contribution in [0.5, 0.6) is 23.0 Å². The molecule has 8 nitrogen and oxygen atoms in total. The minimum Gasteiger partial charge on any atom is -0.491 e. The van der Waals surface area contributed by atoms with Crippen LogP contribution in [0.4, 0.5) is 0 Å². The van der Waals surface area contributed by atoms with Gasteiger partial charge in [-0.1, -0.05) is 48.5 Å². The average Bonchev–Trinajstić information content (AvgIpc) is 3.17. The van der Waals surface area contributed by atoms with Crippen LogP contribution in [0.25, 0.3) is 0 Å². The molecule has 0 amide bonds. The van der Waals surface area contributed by atoms with Crippen LogP contribution in [0, 0.1) is 0 Å². The first-order valence-electron chi connectivity index (χ1n) is 16.1. The highest BCUT2D eigenvalue weighted by Gasteiger charge is 2.29. The summed E-state index contributed by atoms with van der Waals surface area (Å²) in [6, 6.07) is 30.9. The SMILES string of the molecule is OC(CCl)COc1ccc(C(c2ccc(OCC(O)CCl)cc2)C(c2ccc(OCC(O)CCl)cc2)c2ccc(OCC(O)CCl)cc2)cc1. The first-order chi connectivity index (χ1) is 24.2. The lowest BCUT2D eigenvalue weighted by molar-refractivity contribution is 0.125. The minimum atomic E-state index is -0.782. The Labute approximate surface area is 313 Å². The lowest BCUT2D eigenvalue weighted by atomic mass is 9.73. The van der Waals surface area contributed by atoms with Gasteiger partial charge in [0, 0.05) is 11.8 Å². The maximum Gasteiger partial charge on any atom is 0.119 e. The molecule has 0 aromatic heterocycles. The number of hydrogen-bond acceptors (Lipinski definition) is 8. The van der Waals surface area contributed by atoms with Crippen molar-refractivity contribution in [3.8, 4) is 23.0 Å². The number of aliphatic hydroxyl groups excluding tert-OH is 4. The Bertz CT molecular complexity index is 1290. The summed E-state index contributed by atoms with van der Waals surface area (Å²) in [6.45, 7) is 0.284. The molecule has 0 radical (unpaired) electrons. The van der Waals surface area contributed by atoms with Gasteiger partial charge < -0.3 is 39.4 Å². The molecular formula is C38H42Cl4O8. The highest BCUT2D eigenvalue weighted by atomic mass is 35.5. The molecule has 0 aliphatic rings. The molecule has 4 N–H and O–H groups in total. The van der Waals surface area contributed by atoms with E-state index in [4.69, 9.17) is 65.4 Å². The standard InChI is InChI=1S/C38H42Cl4O8/c39-17-29(43)21-47-33-9-1-25(2-10-33)37(26-3-11-34(12-4-26)48-22-30(44)18-40)38(27-5-13-35(14-6-27)49-23-31(45)19-41)28-7-15-36(16-8-28)50-24-32(46)20-42/h1-16,29-32,37-38,43-46H,17-24H2. The molecular weight excluding hydrogens is 726 g/mol. The van der Waals surface area contributed by atoms with Crippen molar-refractivity contribution in [3.05, 3.63) is 119 Å². The molecule has 270 valence electrons. The summed E-state index contributed by atoms with van der Waals surface area (Å²) in [5.41, 5.74) is 3.95. The Morgan fingerprint density at radius 2 is 0.520 bits per heavy atom. The summed E-state index contributed by atoms with van der Waals surface area (Å²) < 4.78 is 23.0. The van der Waals surface area contributed by atoms with Crippen molar-refractivity contribution < 1.29 is 39.4 Å². The molecule has 50 heavy (non-hydrogen) atoms. The Morgan fingerprint density at radius 3 is 0.680 bits per heavy atom. The van der Waals surface area contributed by atoms with E-state index in [1.54, 1.807) is 0 Å². The third-order valence-electron chi connectivity index (χ3n) is 7.77. The normalized spacial score (nSPS) is 15.0. The van der Waals surface area contributed by atoms with Gasteiger partial charge >= 0.3 is 0 Å². The third-order valence-corrected chi connectivity index (χ3v) is 9.20. The van der Waals surface area contributed by atoms with E-state index in [9.17, 15) is 20.4 Å². The second-order valence-electron chi connectivity index (χ2n) is 11.7. The van der Waals surface area contributed by atoms with Gasteiger partial charge in [0.25, 0.3) is 0 Å². The van der Waals surface area contributed by atoms with E-state index in [0.717, 1.165) is 22.3 Å². The van der Waals surface area contributed by atoms with Crippen LogP contribution in [-0.4, -0.2) is 94.8 Å². The van der Waals surface area contributed by atoms with Crippen molar-refractivity contribution in [3.63, 3.8) is 0 Å². The summed E-state index contributed by atoms with van der Waals surface area (Å²) >= 11 is 23.0. The first kappa shape index (κ1) is 39.9. The van der Waals surface area contributed by atoms with Gasteiger partial charge in [-0.2, -0.15) is 0 Å². The molecule has 12 heteroatoms. The van der Waals surface area contributed by atoms with Crippen LogP contribution in [-0.2, 0) is 0 Å². The van der Waals surface area contributed by atoms with Crippen LogP contribution >= 0.6 is 46.4 Å². The Morgan fingerprint density at radius 1 is 0.340 bits per heavy atom. The Kier molecular flexibility index (Phi) is 16.6. The van der Waals surface area contributed by atoms with Crippen molar-refractivity contribution in [2.24, 2.45) is 0 Å². The van der Waals surface area contributed by atoms with Gasteiger partial charge in [0.05, 0.1) is 23.5 Å². The largest absolute Gasteiger partial charge is 0.491 e. The molecule has 4 aromatic rings. The van der Waals surface area contributed by atoms with Crippen LogP contribution in [0.2, 0.25) is 0 Å². The molecule has 4 aromatic carbocycles. The summed E-state index contributed by atoms with van der Waals surface area (Å²) in [6.07, 6.45) is -3.13. The van der Waals surface area contributed by atoms with Crippen molar-refractivity contribution >= 4 is 46.4 Å². The van der Waals surface area contributed by atoms with E-state index in [1.165, 1.54) is 0 Å². The smallest absolute Gasteiger partial charge is 0.119 e. The van der Waals surface area contributed by atoms with Gasteiger partial charge in [0.15, 0.2) is 0 Å². The van der Waals surface area contributed by atoms with Crippen molar-refractivity contribution in [1.82, 2.24) is 0 Å². The average molecular weight is 769 g/mol. The van der Waals surface area contributed by atoms with Crippen LogP contribution < -0.4 is 18.9 Å². The zero-order valence-corrected chi connectivity index (χ0v) is 30.3. The summed E-state index contributed by atoms with van der Waals surface area (Å²) in [4.78, 5) is 0. The Balaban J connectivity index is 1.76. The molecule has 4 rings (SSSR count). The maximum absolute atomic E-state index is 9.88. The predicted octanol–water partition coefficient (Wildman–Crippen LogP) is 6.56. The molecule has 0 spiro atoms. The summed E-state index contributed by atoms with van der Waals surface area (Å²) in [7, 11) is 0. The number of hydrogen-bond donors (Lipinski definition) is 4. The molecule has 4 unspecified atom stereocenters. The van der Waals surface area contributed by atoms with Gasteiger partial charge in [-0.3, -0.25) is 0 Å². The monoisotopic (exact) mass is 766 g/mol. The second kappa shape index (κ2) is 20.8. The minimum absolute atomic E-state index is 0.0701. The fraction of sp³-hybridized carbons (Fsp3) is 0.368. The zero-order valence-electron chi connectivity index (χ0n) is 27.3. The van der Waals surface area contributed by atoms with Crippen LogP contribution in [0.15, 0.2) is 97.1 Å². The van der Waals surface area contributed by atoms with E-state index in [2.05, 4.69) is 0 Å². The fourth-order valence-corrected chi connectivity index (χ4v) is 5.54. The fourth-order valence-electron chi connectivity index (χ4n) is 5.19. The quantitative estimate of drug-likeness (QED) is 0.0705. The molecule has 0 heterocycles. The molecule has 0 bridgehead atoms. The van der Waals surface area contributed by atoms with E-state index < -0.39 is 24.4 Å². The zero-order chi connectivity index (χ0) is 35.9. The van der Waals surface area contributed by atoms with E-state index in [-0.39, 0.29) is 61.8 Å². The molecule has 0 aliphatic carbocycles.